The molecule has 2 nitrogen and oxygen atoms in total. The fraction of sp³-hybridized carbons (Fsp3) is 0.417. The molecule has 0 atom stereocenters. The van der Waals surface area contributed by atoms with Crippen LogP contribution >= 0.6 is 11.8 Å². The summed E-state index contributed by atoms with van der Waals surface area (Å²) in [5.74, 6) is 1.34. The van der Waals surface area contributed by atoms with Gasteiger partial charge in [0.1, 0.15) is 5.75 Å². The first-order valence-electron chi connectivity index (χ1n) is 4.78. The van der Waals surface area contributed by atoms with Gasteiger partial charge in [-0.15, -0.1) is 0 Å². The van der Waals surface area contributed by atoms with Gasteiger partial charge in [-0.25, -0.2) is 0 Å². The second-order valence-corrected chi connectivity index (χ2v) is 4.31. The molecular weight excluding hydrogens is 208 g/mol. The van der Waals surface area contributed by atoms with Gasteiger partial charge < -0.3 is 4.74 Å². The van der Waals surface area contributed by atoms with E-state index in [0.717, 1.165) is 11.1 Å². The lowest BCUT2D eigenvalue weighted by Crippen LogP contribution is -2.06. The van der Waals surface area contributed by atoms with Crippen molar-refractivity contribution in [1.29, 1.82) is 0 Å². The summed E-state index contributed by atoms with van der Waals surface area (Å²) in [5.41, 5.74) is 2.88. The van der Waals surface area contributed by atoms with Crippen molar-refractivity contribution in [3.8, 4) is 5.75 Å². The van der Waals surface area contributed by atoms with Crippen molar-refractivity contribution in [3.05, 3.63) is 28.8 Å². The quantitative estimate of drug-likeness (QED) is 0.736. The minimum atomic E-state index is 0.127. The molecule has 0 unspecified atom stereocenters. The summed E-state index contributed by atoms with van der Waals surface area (Å²) in [6.07, 6.45) is 1.92. The van der Waals surface area contributed by atoms with E-state index in [0.29, 0.717) is 17.1 Å². The van der Waals surface area contributed by atoms with Crippen LogP contribution in [0.5, 0.6) is 5.75 Å². The van der Waals surface area contributed by atoms with Crippen LogP contribution in [-0.4, -0.2) is 24.9 Å². The Morgan fingerprint density at radius 2 is 2.07 bits per heavy atom. The van der Waals surface area contributed by atoms with E-state index in [1.165, 1.54) is 11.8 Å². The molecule has 0 fully saturated rings. The summed E-state index contributed by atoms with van der Waals surface area (Å²) in [4.78, 5) is 11.8. The Kier molecular flexibility index (Phi) is 4.21. The second-order valence-electron chi connectivity index (χ2n) is 3.44. The van der Waals surface area contributed by atoms with Crippen molar-refractivity contribution < 1.29 is 9.53 Å². The molecule has 0 aliphatic rings. The van der Waals surface area contributed by atoms with E-state index >= 15 is 0 Å². The Morgan fingerprint density at radius 3 is 2.60 bits per heavy atom. The topological polar surface area (TPSA) is 26.3 Å². The Labute approximate surface area is 95.0 Å². The van der Waals surface area contributed by atoms with Crippen molar-refractivity contribution in [3.63, 3.8) is 0 Å². The van der Waals surface area contributed by atoms with Gasteiger partial charge in [-0.1, -0.05) is 6.07 Å². The predicted octanol–water partition coefficient (Wildman–Crippen LogP) is 2.86. The normalized spacial score (nSPS) is 10.1. The van der Waals surface area contributed by atoms with Gasteiger partial charge in [0.15, 0.2) is 5.78 Å². The van der Waals surface area contributed by atoms with Gasteiger partial charge in [0.2, 0.25) is 0 Å². The fourth-order valence-electron chi connectivity index (χ4n) is 1.48. The van der Waals surface area contributed by atoms with Crippen LogP contribution in [0.3, 0.4) is 0 Å². The zero-order chi connectivity index (χ0) is 11.4. The third-order valence-electron chi connectivity index (χ3n) is 2.46. The molecule has 0 saturated heterocycles. The number of ether oxygens (including phenoxy) is 1. The summed E-state index contributed by atoms with van der Waals surface area (Å²) in [6.45, 7) is 3.99. The average molecular weight is 224 g/mol. The van der Waals surface area contributed by atoms with Crippen molar-refractivity contribution in [2.45, 2.75) is 13.8 Å². The van der Waals surface area contributed by atoms with Gasteiger partial charge >= 0.3 is 0 Å². The molecule has 82 valence electrons. The van der Waals surface area contributed by atoms with E-state index in [1.54, 1.807) is 7.11 Å². The van der Waals surface area contributed by atoms with Crippen molar-refractivity contribution in [1.82, 2.24) is 0 Å². The molecule has 1 aromatic rings. The van der Waals surface area contributed by atoms with Crippen LogP contribution in [0.25, 0.3) is 0 Å². The second kappa shape index (κ2) is 5.21. The van der Waals surface area contributed by atoms with E-state index in [1.807, 2.05) is 32.2 Å². The zero-order valence-electron chi connectivity index (χ0n) is 9.59. The lowest BCUT2D eigenvalue weighted by molar-refractivity contribution is 0.101. The maximum absolute atomic E-state index is 11.8. The van der Waals surface area contributed by atoms with Gasteiger partial charge in [0, 0.05) is 0 Å². The first-order valence-corrected chi connectivity index (χ1v) is 6.17. The molecule has 15 heavy (non-hydrogen) atoms. The molecule has 0 N–H and O–H groups in total. The molecule has 0 bridgehead atoms. The maximum atomic E-state index is 11.8. The highest BCUT2D eigenvalue weighted by Gasteiger charge is 2.14. The van der Waals surface area contributed by atoms with Crippen molar-refractivity contribution >= 4 is 17.5 Å². The fourth-order valence-corrected chi connectivity index (χ4v) is 1.90. The number of hydrogen-bond donors (Lipinski definition) is 0. The van der Waals surface area contributed by atoms with Crippen LogP contribution in [-0.2, 0) is 0 Å². The summed E-state index contributed by atoms with van der Waals surface area (Å²) < 4.78 is 5.29. The molecule has 0 aliphatic carbocycles. The van der Waals surface area contributed by atoms with E-state index in [9.17, 15) is 4.79 Å². The number of aryl methyl sites for hydroxylation is 1. The van der Waals surface area contributed by atoms with Gasteiger partial charge in [0.25, 0.3) is 0 Å². The van der Waals surface area contributed by atoms with Gasteiger partial charge in [-0.2, -0.15) is 11.8 Å². The largest absolute Gasteiger partial charge is 0.496 e. The first-order chi connectivity index (χ1) is 7.11. The van der Waals surface area contributed by atoms with Crippen molar-refractivity contribution in [2.24, 2.45) is 0 Å². The van der Waals surface area contributed by atoms with Gasteiger partial charge in [-0.05, 0) is 37.3 Å². The number of rotatable bonds is 4. The van der Waals surface area contributed by atoms with E-state index < -0.39 is 0 Å². The Morgan fingerprint density at radius 1 is 1.40 bits per heavy atom. The summed E-state index contributed by atoms with van der Waals surface area (Å²) in [5, 5.41) is 0. The van der Waals surface area contributed by atoms with E-state index in [4.69, 9.17) is 4.74 Å². The minimum absolute atomic E-state index is 0.127. The molecule has 0 heterocycles. The van der Waals surface area contributed by atoms with Crippen LogP contribution < -0.4 is 4.74 Å². The summed E-state index contributed by atoms with van der Waals surface area (Å²) >= 11 is 1.53. The molecule has 0 amide bonds. The Balaban J connectivity index is 3.18. The lowest BCUT2D eigenvalue weighted by atomic mass is 10.0. The summed E-state index contributed by atoms with van der Waals surface area (Å²) in [7, 11) is 1.61. The van der Waals surface area contributed by atoms with Gasteiger partial charge in [0.05, 0.1) is 18.4 Å². The lowest BCUT2D eigenvalue weighted by Gasteiger charge is -2.12. The number of carbonyl (C=O) groups is 1. The predicted molar refractivity (Wildman–Crippen MR) is 65.2 cm³/mol. The number of carbonyl (C=O) groups excluding carboxylic acids is 1. The van der Waals surface area contributed by atoms with Crippen LogP contribution in [0, 0.1) is 13.8 Å². The highest BCUT2D eigenvalue weighted by Crippen LogP contribution is 2.26. The summed E-state index contributed by atoms with van der Waals surface area (Å²) in [6, 6.07) is 3.81. The average Bonchev–Trinajstić information content (AvgIpc) is 2.22. The molecule has 1 aromatic carbocycles. The number of ketones is 1. The van der Waals surface area contributed by atoms with Crippen LogP contribution in [0.15, 0.2) is 12.1 Å². The van der Waals surface area contributed by atoms with Crippen LogP contribution in [0.4, 0.5) is 0 Å². The minimum Gasteiger partial charge on any atom is -0.496 e. The standard InChI is InChI=1S/C12H16O2S/c1-8-5-6-10(11(13)7-15-4)12(14-3)9(8)2/h5-6H,7H2,1-4H3. The number of benzene rings is 1. The smallest absolute Gasteiger partial charge is 0.176 e. The highest BCUT2D eigenvalue weighted by atomic mass is 32.2. The zero-order valence-corrected chi connectivity index (χ0v) is 10.4. The van der Waals surface area contributed by atoms with E-state index in [2.05, 4.69) is 0 Å². The molecule has 0 saturated carbocycles. The Bertz CT molecular complexity index is 372. The van der Waals surface area contributed by atoms with Crippen LogP contribution in [0.2, 0.25) is 0 Å². The molecule has 1 rings (SSSR count). The molecule has 0 spiro atoms. The van der Waals surface area contributed by atoms with Crippen molar-refractivity contribution in [2.75, 3.05) is 19.1 Å². The van der Waals surface area contributed by atoms with Crippen LogP contribution in [0.1, 0.15) is 21.5 Å². The SMILES string of the molecule is COc1c(C(=O)CSC)ccc(C)c1C. The highest BCUT2D eigenvalue weighted by molar-refractivity contribution is 7.99. The first kappa shape index (κ1) is 12.1. The molecule has 0 aromatic heterocycles. The third-order valence-corrected chi connectivity index (χ3v) is 3.01. The molecule has 0 radical (unpaired) electrons. The Hall–Kier alpha value is -0.960. The molecule has 0 aliphatic heterocycles. The van der Waals surface area contributed by atoms with Gasteiger partial charge in [-0.3, -0.25) is 4.79 Å². The molecule has 3 heteroatoms. The molecular formula is C12H16O2S. The number of hydrogen-bond acceptors (Lipinski definition) is 3. The number of thioether (sulfide) groups is 1. The third kappa shape index (κ3) is 2.53. The number of methoxy groups -OCH3 is 1. The monoisotopic (exact) mass is 224 g/mol. The maximum Gasteiger partial charge on any atom is 0.176 e. The van der Waals surface area contributed by atoms with E-state index in [-0.39, 0.29) is 5.78 Å². The number of Topliss-reactive ketones (excluding diaryl/α,β-unsaturated/α-hetero) is 1.